The van der Waals surface area contributed by atoms with E-state index in [0.29, 0.717) is 5.92 Å². The van der Waals surface area contributed by atoms with E-state index in [-0.39, 0.29) is 6.61 Å². The summed E-state index contributed by atoms with van der Waals surface area (Å²) in [6.07, 6.45) is -0.600. The molecule has 1 unspecified atom stereocenters. The smallest absolute Gasteiger partial charge is 0.123 e. The molecule has 2 nitrogen and oxygen atoms in total. The van der Waals surface area contributed by atoms with E-state index in [1.54, 1.807) is 0 Å². The van der Waals surface area contributed by atoms with Crippen LogP contribution in [-0.4, -0.2) is 11.7 Å². The van der Waals surface area contributed by atoms with Crippen LogP contribution in [0, 0.1) is 6.92 Å². The Kier molecular flexibility index (Phi) is 4.80. The van der Waals surface area contributed by atoms with Gasteiger partial charge in [-0.2, -0.15) is 0 Å². The Morgan fingerprint density at radius 2 is 1.75 bits per heavy atom. The molecule has 0 aliphatic carbocycles. The standard InChI is InChI=1S/C18H22O2/c1-13(2)16-10-9-14(3)11-18(16)20-12-17(19)15-7-5-4-6-8-15/h4-11,13,17,19H,12H2,1-3H3. The molecule has 0 saturated carbocycles. The Morgan fingerprint density at radius 3 is 2.40 bits per heavy atom. The van der Waals surface area contributed by atoms with Gasteiger partial charge in [-0.05, 0) is 35.6 Å². The maximum Gasteiger partial charge on any atom is 0.123 e. The van der Waals surface area contributed by atoms with Crippen molar-refractivity contribution in [3.05, 3.63) is 65.2 Å². The molecular weight excluding hydrogens is 248 g/mol. The molecule has 2 aromatic carbocycles. The van der Waals surface area contributed by atoms with Crippen LogP contribution in [0.25, 0.3) is 0 Å². The highest BCUT2D eigenvalue weighted by Gasteiger charge is 2.12. The fraction of sp³-hybridized carbons (Fsp3) is 0.333. The van der Waals surface area contributed by atoms with Crippen molar-refractivity contribution >= 4 is 0 Å². The number of ether oxygens (including phenoxy) is 1. The normalized spacial score (nSPS) is 12.4. The van der Waals surface area contributed by atoms with Gasteiger partial charge in [0.15, 0.2) is 0 Å². The predicted molar refractivity (Wildman–Crippen MR) is 82.2 cm³/mol. The SMILES string of the molecule is Cc1ccc(C(C)C)c(OCC(O)c2ccccc2)c1. The van der Waals surface area contributed by atoms with Crippen LogP contribution in [0.15, 0.2) is 48.5 Å². The third-order valence-corrected chi connectivity index (χ3v) is 3.37. The van der Waals surface area contributed by atoms with Crippen molar-refractivity contribution in [2.45, 2.75) is 32.8 Å². The molecule has 2 rings (SSSR count). The first kappa shape index (κ1) is 14.6. The molecule has 0 spiro atoms. The number of hydrogen-bond acceptors (Lipinski definition) is 2. The fourth-order valence-electron chi connectivity index (χ4n) is 2.18. The van der Waals surface area contributed by atoms with Gasteiger partial charge in [-0.15, -0.1) is 0 Å². The Morgan fingerprint density at radius 1 is 1.05 bits per heavy atom. The van der Waals surface area contributed by atoms with Crippen molar-refractivity contribution in [3.8, 4) is 5.75 Å². The summed E-state index contributed by atoms with van der Waals surface area (Å²) in [5.41, 5.74) is 3.22. The van der Waals surface area contributed by atoms with Crippen molar-refractivity contribution < 1.29 is 9.84 Å². The summed E-state index contributed by atoms with van der Waals surface area (Å²) in [4.78, 5) is 0. The van der Waals surface area contributed by atoms with Crippen LogP contribution in [0.4, 0.5) is 0 Å². The Bertz CT molecular complexity index is 547. The third-order valence-electron chi connectivity index (χ3n) is 3.37. The second-order valence-electron chi connectivity index (χ2n) is 5.43. The van der Waals surface area contributed by atoms with E-state index in [0.717, 1.165) is 11.3 Å². The summed E-state index contributed by atoms with van der Waals surface area (Å²) in [6.45, 7) is 6.61. The molecular formula is C18H22O2. The molecule has 0 fully saturated rings. The Hall–Kier alpha value is -1.80. The minimum atomic E-state index is -0.600. The van der Waals surface area contributed by atoms with Gasteiger partial charge in [0.2, 0.25) is 0 Å². The van der Waals surface area contributed by atoms with E-state index >= 15 is 0 Å². The first-order valence-corrected chi connectivity index (χ1v) is 7.04. The molecule has 2 heteroatoms. The van der Waals surface area contributed by atoms with Crippen molar-refractivity contribution in [3.63, 3.8) is 0 Å². The van der Waals surface area contributed by atoms with E-state index < -0.39 is 6.10 Å². The van der Waals surface area contributed by atoms with Gasteiger partial charge < -0.3 is 9.84 Å². The first-order chi connectivity index (χ1) is 9.58. The molecule has 0 bridgehead atoms. The van der Waals surface area contributed by atoms with Crippen LogP contribution < -0.4 is 4.74 Å². The van der Waals surface area contributed by atoms with E-state index in [1.165, 1.54) is 11.1 Å². The summed E-state index contributed by atoms with van der Waals surface area (Å²) in [5, 5.41) is 10.2. The van der Waals surface area contributed by atoms with Gasteiger partial charge in [-0.1, -0.05) is 56.3 Å². The van der Waals surface area contributed by atoms with E-state index in [2.05, 4.69) is 26.0 Å². The van der Waals surface area contributed by atoms with Gasteiger partial charge in [0.25, 0.3) is 0 Å². The van der Waals surface area contributed by atoms with Crippen LogP contribution in [0.1, 0.15) is 42.6 Å². The van der Waals surface area contributed by atoms with Crippen molar-refractivity contribution in [2.24, 2.45) is 0 Å². The van der Waals surface area contributed by atoms with Gasteiger partial charge >= 0.3 is 0 Å². The van der Waals surface area contributed by atoms with Gasteiger partial charge in [0.05, 0.1) is 0 Å². The molecule has 0 radical (unpaired) electrons. The summed E-state index contributed by atoms with van der Waals surface area (Å²) >= 11 is 0. The molecule has 2 aromatic rings. The monoisotopic (exact) mass is 270 g/mol. The maximum atomic E-state index is 10.2. The topological polar surface area (TPSA) is 29.5 Å². The molecule has 0 amide bonds. The molecule has 0 aliphatic heterocycles. The summed E-state index contributed by atoms with van der Waals surface area (Å²) in [6, 6.07) is 15.8. The number of rotatable bonds is 5. The van der Waals surface area contributed by atoms with Crippen molar-refractivity contribution in [1.82, 2.24) is 0 Å². The molecule has 0 heterocycles. The molecule has 1 N–H and O–H groups in total. The van der Waals surface area contributed by atoms with Gasteiger partial charge in [0.1, 0.15) is 18.5 Å². The first-order valence-electron chi connectivity index (χ1n) is 7.04. The lowest BCUT2D eigenvalue weighted by molar-refractivity contribution is 0.107. The minimum absolute atomic E-state index is 0.271. The largest absolute Gasteiger partial charge is 0.490 e. The number of benzene rings is 2. The van der Waals surface area contributed by atoms with Crippen LogP contribution >= 0.6 is 0 Å². The van der Waals surface area contributed by atoms with Gasteiger partial charge in [-0.3, -0.25) is 0 Å². The highest BCUT2D eigenvalue weighted by molar-refractivity contribution is 5.39. The molecule has 0 saturated heterocycles. The molecule has 1 atom stereocenters. The highest BCUT2D eigenvalue weighted by atomic mass is 16.5. The zero-order valence-electron chi connectivity index (χ0n) is 12.3. The van der Waals surface area contributed by atoms with E-state index in [4.69, 9.17) is 4.74 Å². The summed E-state index contributed by atoms with van der Waals surface area (Å²) in [5.74, 6) is 1.27. The zero-order valence-corrected chi connectivity index (χ0v) is 12.3. The third kappa shape index (κ3) is 3.61. The quantitative estimate of drug-likeness (QED) is 0.881. The van der Waals surface area contributed by atoms with Crippen LogP contribution in [0.2, 0.25) is 0 Å². The molecule has 0 aliphatic rings. The molecule has 0 aromatic heterocycles. The number of hydrogen-bond donors (Lipinski definition) is 1. The van der Waals surface area contributed by atoms with Gasteiger partial charge in [0, 0.05) is 0 Å². The average Bonchev–Trinajstić information content (AvgIpc) is 2.45. The van der Waals surface area contributed by atoms with Crippen LogP contribution in [-0.2, 0) is 0 Å². The second-order valence-corrected chi connectivity index (χ2v) is 5.43. The lowest BCUT2D eigenvalue weighted by atomic mass is 10.0. The number of aliphatic hydroxyl groups is 1. The van der Waals surface area contributed by atoms with Crippen LogP contribution in [0.3, 0.4) is 0 Å². The summed E-state index contributed by atoms with van der Waals surface area (Å²) in [7, 11) is 0. The lowest BCUT2D eigenvalue weighted by Crippen LogP contribution is -2.11. The van der Waals surface area contributed by atoms with Gasteiger partial charge in [-0.25, -0.2) is 0 Å². The predicted octanol–water partition coefficient (Wildman–Crippen LogP) is 4.23. The number of aryl methyl sites for hydroxylation is 1. The minimum Gasteiger partial charge on any atom is -0.490 e. The Balaban J connectivity index is 2.09. The van der Waals surface area contributed by atoms with Crippen molar-refractivity contribution in [1.29, 1.82) is 0 Å². The second kappa shape index (κ2) is 6.58. The number of aliphatic hydroxyl groups excluding tert-OH is 1. The van der Waals surface area contributed by atoms with E-state index in [1.807, 2.05) is 43.3 Å². The molecule has 106 valence electrons. The fourth-order valence-corrected chi connectivity index (χ4v) is 2.18. The lowest BCUT2D eigenvalue weighted by Gasteiger charge is -2.17. The Labute approximate surface area is 121 Å². The van der Waals surface area contributed by atoms with E-state index in [9.17, 15) is 5.11 Å². The van der Waals surface area contributed by atoms with Crippen LogP contribution in [0.5, 0.6) is 5.75 Å². The molecule has 20 heavy (non-hydrogen) atoms. The zero-order chi connectivity index (χ0) is 14.5. The highest BCUT2D eigenvalue weighted by Crippen LogP contribution is 2.28. The maximum absolute atomic E-state index is 10.2. The van der Waals surface area contributed by atoms with Crippen molar-refractivity contribution in [2.75, 3.05) is 6.61 Å². The average molecular weight is 270 g/mol. The summed E-state index contributed by atoms with van der Waals surface area (Å²) < 4.78 is 5.85.